The summed E-state index contributed by atoms with van der Waals surface area (Å²) in [5.41, 5.74) is 4.99. The van der Waals surface area contributed by atoms with E-state index in [1.807, 2.05) is 35.7 Å². The van der Waals surface area contributed by atoms with Crippen molar-refractivity contribution in [2.24, 2.45) is 0 Å². The molecule has 7 rings (SSSR count). The average molecular weight is 395 g/mol. The van der Waals surface area contributed by atoms with Crippen LogP contribution in [0.25, 0.3) is 0 Å². The van der Waals surface area contributed by atoms with Gasteiger partial charge in [0, 0.05) is 16.6 Å². The molecule has 138 valence electrons. The molecule has 0 saturated heterocycles. The molecule has 0 saturated carbocycles. The zero-order chi connectivity index (χ0) is 18.3. The van der Waals surface area contributed by atoms with E-state index in [1.165, 1.54) is 11.1 Å². The lowest BCUT2D eigenvalue weighted by atomic mass is 10.1. The van der Waals surface area contributed by atoms with Gasteiger partial charge in [-0.15, -0.1) is 23.5 Å². The summed E-state index contributed by atoms with van der Waals surface area (Å²) in [4.78, 5) is 0. The fourth-order valence-electron chi connectivity index (χ4n) is 2.90. The standard InChI is InChI=1S/C23H22O2S2/c1-2-4-21-14-25-23-11-7-19(8-12-23)16-27-17-26-15-18-5-9-22(10-6-18)24-13-20(21)3-1/h1-12H,13-17H2. The van der Waals surface area contributed by atoms with Crippen LogP contribution in [0.4, 0.5) is 0 Å². The molecule has 4 heteroatoms. The molecule has 27 heavy (non-hydrogen) atoms. The molecule has 0 fully saturated rings. The van der Waals surface area contributed by atoms with Gasteiger partial charge in [-0.05, 0) is 46.5 Å². The Morgan fingerprint density at radius 2 is 1.00 bits per heavy atom. The van der Waals surface area contributed by atoms with E-state index in [0.717, 1.165) is 39.2 Å². The Balaban J connectivity index is 1.55. The Morgan fingerprint density at radius 1 is 0.556 bits per heavy atom. The summed E-state index contributed by atoms with van der Waals surface area (Å²) in [6.07, 6.45) is 0. The maximum atomic E-state index is 6.01. The minimum absolute atomic E-state index is 0.545. The molecule has 3 aromatic carbocycles. The highest BCUT2D eigenvalue weighted by molar-refractivity contribution is 8.15. The summed E-state index contributed by atoms with van der Waals surface area (Å²) < 4.78 is 12.0. The largest absolute Gasteiger partial charge is 0.489 e. The zero-order valence-electron chi connectivity index (χ0n) is 15.1. The first-order chi connectivity index (χ1) is 13.4. The van der Waals surface area contributed by atoms with Crippen LogP contribution in [0.1, 0.15) is 22.3 Å². The van der Waals surface area contributed by atoms with Crippen LogP contribution < -0.4 is 9.47 Å². The van der Waals surface area contributed by atoms with Crippen molar-refractivity contribution in [3.05, 3.63) is 95.1 Å². The molecule has 0 spiro atoms. The number of ether oxygens (including phenoxy) is 2. The molecule has 4 aliphatic rings. The Morgan fingerprint density at radius 3 is 1.44 bits per heavy atom. The smallest absolute Gasteiger partial charge is 0.119 e. The minimum atomic E-state index is 0.545. The summed E-state index contributed by atoms with van der Waals surface area (Å²) in [6, 6.07) is 25.2. The normalized spacial score (nSPS) is 15.0. The molecule has 0 aliphatic carbocycles. The van der Waals surface area contributed by atoms with Crippen LogP contribution in [-0.4, -0.2) is 5.08 Å². The van der Waals surface area contributed by atoms with E-state index in [9.17, 15) is 0 Å². The van der Waals surface area contributed by atoms with Crippen molar-refractivity contribution in [1.29, 1.82) is 0 Å². The number of benzene rings is 3. The van der Waals surface area contributed by atoms with Crippen molar-refractivity contribution < 1.29 is 9.47 Å². The van der Waals surface area contributed by atoms with E-state index < -0.39 is 0 Å². The highest BCUT2D eigenvalue weighted by Crippen LogP contribution is 2.24. The van der Waals surface area contributed by atoms with Gasteiger partial charge in [0.2, 0.25) is 0 Å². The summed E-state index contributed by atoms with van der Waals surface area (Å²) in [6.45, 7) is 1.09. The molecule has 3 aromatic rings. The van der Waals surface area contributed by atoms with Crippen LogP contribution >= 0.6 is 23.5 Å². The third-order valence-corrected chi connectivity index (χ3v) is 6.87. The molecule has 0 radical (unpaired) electrons. The van der Waals surface area contributed by atoms with Gasteiger partial charge in [-0.2, -0.15) is 0 Å². The number of rotatable bonds is 0. The van der Waals surface area contributed by atoms with E-state index in [4.69, 9.17) is 9.47 Å². The fraction of sp³-hybridized carbons (Fsp3) is 0.217. The second kappa shape index (κ2) is 9.25. The lowest BCUT2D eigenvalue weighted by molar-refractivity contribution is 0.285. The average Bonchev–Trinajstić information content (AvgIpc) is 2.72. The molecule has 0 N–H and O–H groups in total. The summed E-state index contributed by atoms with van der Waals surface area (Å²) in [7, 11) is 0. The maximum Gasteiger partial charge on any atom is 0.119 e. The van der Waals surface area contributed by atoms with Gasteiger partial charge in [-0.1, -0.05) is 48.5 Å². The molecule has 4 bridgehead atoms. The van der Waals surface area contributed by atoms with Gasteiger partial charge in [0.05, 0.1) is 0 Å². The van der Waals surface area contributed by atoms with Crippen molar-refractivity contribution >= 4 is 23.5 Å². The van der Waals surface area contributed by atoms with E-state index in [1.54, 1.807) is 0 Å². The van der Waals surface area contributed by atoms with Crippen molar-refractivity contribution in [1.82, 2.24) is 0 Å². The predicted molar refractivity (Wildman–Crippen MR) is 115 cm³/mol. The number of thioether (sulfide) groups is 2. The molecule has 0 atom stereocenters. The lowest BCUT2D eigenvalue weighted by Crippen LogP contribution is -2.03. The molecule has 4 aliphatic heterocycles. The van der Waals surface area contributed by atoms with E-state index in [0.29, 0.717) is 13.2 Å². The molecule has 2 nitrogen and oxygen atoms in total. The summed E-state index contributed by atoms with van der Waals surface area (Å²) in [5.74, 6) is 3.87. The van der Waals surface area contributed by atoms with Crippen LogP contribution in [0.2, 0.25) is 0 Å². The van der Waals surface area contributed by atoms with Gasteiger partial charge in [-0.3, -0.25) is 0 Å². The van der Waals surface area contributed by atoms with E-state index >= 15 is 0 Å². The Bertz CT molecular complexity index is 788. The van der Waals surface area contributed by atoms with Gasteiger partial charge in [-0.25, -0.2) is 0 Å². The van der Waals surface area contributed by atoms with Crippen molar-refractivity contribution in [3.8, 4) is 11.5 Å². The molecular weight excluding hydrogens is 372 g/mol. The highest BCUT2D eigenvalue weighted by Gasteiger charge is 2.06. The van der Waals surface area contributed by atoms with Crippen molar-refractivity contribution in [3.63, 3.8) is 0 Å². The third-order valence-electron chi connectivity index (χ3n) is 4.46. The molecule has 0 aromatic heterocycles. The van der Waals surface area contributed by atoms with E-state index in [2.05, 4.69) is 60.7 Å². The third kappa shape index (κ3) is 5.24. The second-order valence-electron chi connectivity index (χ2n) is 6.45. The number of hydrogen-bond donors (Lipinski definition) is 0. The summed E-state index contributed by atoms with van der Waals surface area (Å²) in [5, 5.41) is 1.09. The topological polar surface area (TPSA) is 18.5 Å². The van der Waals surface area contributed by atoms with E-state index in [-0.39, 0.29) is 0 Å². The van der Waals surface area contributed by atoms with Crippen LogP contribution in [0.5, 0.6) is 11.5 Å². The SMILES string of the molecule is c1ccc2c(c1)COc1ccc(cc1)CSCSCc1ccc(cc1)OC2. The monoisotopic (exact) mass is 394 g/mol. The Labute approximate surface area is 169 Å². The van der Waals surface area contributed by atoms with Crippen LogP contribution in [0.15, 0.2) is 72.8 Å². The minimum Gasteiger partial charge on any atom is -0.489 e. The maximum absolute atomic E-state index is 6.01. The van der Waals surface area contributed by atoms with Crippen LogP contribution in [-0.2, 0) is 24.7 Å². The van der Waals surface area contributed by atoms with Gasteiger partial charge < -0.3 is 9.47 Å². The zero-order valence-corrected chi connectivity index (χ0v) is 16.7. The van der Waals surface area contributed by atoms with Gasteiger partial charge in [0.1, 0.15) is 24.7 Å². The molecule has 0 amide bonds. The highest BCUT2D eigenvalue weighted by atomic mass is 32.2. The van der Waals surface area contributed by atoms with Crippen molar-refractivity contribution in [2.45, 2.75) is 24.7 Å². The predicted octanol–water partition coefficient (Wildman–Crippen LogP) is 6.28. The van der Waals surface area contributed by atoms with Crippen LogP contribution in [0.3, 0.4) is 0 Å². The Hall–Kier alpha value is -2.04. The van der Waals surface area contributed by atoms with Crippen molar-refractivity contribution in [2.75, 3.05) is 5.08 Å². The quantitative estimate of drug-likeness (QED) is 0.446. The first-order valence-electron chi connectivity index (χ1n) is 9.02. The van der Waals surface area contributed by atoms with Gasteiger partial charge in [0.25, 0.3) is 0 Å². The first kappa shape index (κ1) is 18.3. The molecule has 4 heterocycles. The Kier molecular flexibility index (Phi) is 6.28. The first-order valence-corrected chi connectivity index (χ1v) is 11.3. The summed E-state index contributed by atoms with van der Waals surface area (Å²) >= 11 is 3.91. The molecular formula is C23H22O2S2. The second-order valence-corrected chi connectivity index (χ2v) is 8.79. The van der Waals surface area contributed by atoms with Gasteiger partial charge >= 0.3 is 0 Å². The molecule has 0 unspecified atom stereocenters. The van der Waals surface area contributed by atoms with Crippen LogP contribution in [0, 0.1) is 0 Å². The lowest BCUT2D eigenvalue weighted by Gasteiger charge is -2.13. The van der Waals surface area contributed by atoms with Gasteiger partial charge in [0.15, 0.2) is 0 Å². The fourth-order valence-corrected chi connectivity index (χ4v) is 4.90. The number of hydrogen-bond acceptors (Lipinski definition) is 4.